The van der Waals surface area contributed by atoms with Gasteiger partial charge < -0.3 is 20.7 Å². The van der Waals surface area contributed by atoms with Gasteiger partial charge >= 0.3 is 0 Å². The summed E-state index contributed by atoms with van der Waals surface area (Å²) >= 11 is 0. The molecule has 0 radical (unpaired) electrons. The van der Waals surface area contributed by atoms with E-state index in [4.69, 9.17) is 15.7 Å². The molecule has 6 heterocycles. The van der Waals surface area contributed by atoms with E-state index in [-0.39, 0.29) is 11.8 Å². The van der Waals surface area contributed by atoms with Gasteiger partial charge in [0.25, 0.3) is 0 Å². The van der Waals surface area contributed by atoms with Crippen molar-refractivity contribution in [2.75, 3.05) is 18.0 Å². The number of benzene rings is 1. The molecule has 12 heteroatoms. The number of anilines is 1. The summed E-state index contributed by atoms with van der Waals surface area (Å²) in [6, 6.07) is 7.68. The number of imidazole rings is 1. The van der Waals surface area contributed by atoms with Crippen LogP contribution in [0.15, 0.2) is 55.1 Å². The maximum atomic E-state index is 14.0. The Morgan fingerprint density at radius 3 is 2.73 bits per heavy atom. The molecule has 5 N–H and O–H groups in total. The number of phenolic OH excluding ortho intramolecular Hbond substituents is 1. The van der Waals surface area contributed by atoms with Crippen LogP contribution in [0.5, 0.6) is 5.75 Å². The van der Waals surface area contributed by atoms with Crippen LogP contribution < -0.4 is 10.6 Å². The largest absolute Gasteiger partial charge is 0.508 e. The van der Waals surface area contributed by atoms with Crippen molar-refractivity contribution in [2.45, 2.75) is 6.04 Å². The van der Waals surface area contributed by atoms with Crippen LogP contribution in [0.2, 0.25) is 0 Å². The Kier molecular flexibility index (Phi) is 4.63. The highest BCUT2D eigenvalue weighted by Crippen LogP contribution is 2.33. The quantitative estimate of drug-likeness (QED) is 0.289. The number of pyridine rings is 2. The molecule has 1 aliphatic rings. The Morgan fingerprint density at radius 1 is 1.00 bits per heavy atom. The third-order valence-electron chi connectivity index (χ3n) is 6.37. The summed E-state index contributed by atoms with van der Waals surface area (Å²) in [6.07, 6.45) is 6.73. The van der Waals surface area contributed by atoms with Gasteiger partial charge in [-0.05, 0) is 29.8 Å². The lowest BCUT2D eigenvalue weighted by Crippen LogP contribution is -2.56. The first-order valence-corrected chi connectivity index (χ1v) is 11.5. The smallest absolute Gasteiger partial charge is 0.161 e. The molecule has 11 nitrogen and oxygen atoms in total. The van der Waals surface area contributed by atoms with Gasteiger partial charge in [-0.2, -0.15) is 5.10 Å². The Labute approximate surface area is 208 Å². The van der Waals surface area contributed by atoms with Gasteiger partial charge in [-0.3, -0.25) is 10.1 Å². The van der Waals surface area contributed by atoms with Gasteiger partial charge in [0, 0.05) is 48.7 Å². The average Bonchev–Trinajstić information content (AvgIpc) is 3.49. The molecule has 1 aromatic carbocycles. The summed E-state index contributed by atoms with van der Waals surface area (Å²) in [7, 11) is 0. The zero-order chi connectivity index (χ0) is 25.1. The van der Waals surface area contributed by atoms with E-state index in [1.54, 1.807) is 30.9 Å². The number of hydrogen-bond donors (Lipinski definition) is 4. The highest BCUT2D eigenvalue weighted by molar-refractivity contribution is 5.96. The van der Waals surface area contributed by atoms with E-state index < -0.39 is 5.82 Å². The van der Waals surface area contributed by atoms with Crippen LogP contribution >= 0.6 is 0 Å². The van der Waals surface area contributed by atoms with Gasteiger partial charge in [0.1, 0.15) is 28.6 Å². The van der Waals surface area contributed by atoms with Gasteiger partial charge in [0.2, 0.25) is 0 Å². The predicted molar refractivity (Wildman–Crippen MR) is 135 cm³/mol. The van der Waals surface area contributed by atoms with E-state index in [0.29, 0.717) is 45.2 Å². The van der Waals surface area contributed by atoms with Crippen molar-refractivity contribution in [1.29, 1.82) is 0 Å². The SMILES string of the molecule is NC1CN(c2cncc(-c3cnc4[nH]nc(-c5nc6c(-c7cc(O)cc(F)c7)ccnc6[nH]5)c4c3)n2)C1. The zero-order valence-electron chi connectivity index (χ0n) is 19.2. The lowest BCUT2D eigenvalue weighted by atomic mass is 10.1. The number of aromatic amines is 2. The number of aromatic hydroxyl groups is 1. The highest BCUT2D eigenvalue weighted by atomic mass is 19.1. The number of hydrogen-bond acceptors (Lipinski definition) is 9. The average molecular weight is 494 g/mol. The molecule has 0 atom stereocenters. The molecule has 5 aromatic heterocycles. The Hall–Kier alpha value is -4.97. The summed E-state index contributed by atoms with van der Waals surface area (Å²) in [5.41, 5.74) is 10.6. The summed E-state index contributed by atoms with van der Waals surface area (Å²) in [5.74, 6) is 0.523. The molecule has 0 aliphatic carbocycles. The van der Waals surface area contributed by atoms with Gasteiger partial charge in [-0.1, -0.05) is 0 Å². The number of phenols is 1. The number of nitrogens with zero attached hydrogens (tertiary/aromatic N) is 7. The minimum Gasteiger partial charge on any atom is -0.508 e. The van der Waals surface area contributed by atoms with Gasteiger partial charge in [0.05, 0.1) is 23.5 Å². The van der Waals surface area contributed by atoms with Crippen molar-refractivity contribution in [3.8, 4) is 39.7 Å². The van der Waals surface area contributed by atoms with Crippen molar-refractivity contribution in [1.82, 2.24) is 40.1 Å². The van der Waals surface area contributed by atoms with Gasteiger partial charge in [-0.15, -0.1) is 0 Å². The van der Waals surface area contributed by atoms with Crippen LogP contribution in [0, 0.1) is 5.82 Å². The zero-order valence-corrected chi connectivity index (χ0v) is 19.2. The fourth-order valence-corrected chi connectivity index (χ4v) is 4.56. The highest BCUT2D eigenvalue weighted by Gasteiger charge is 2.25. The molecule has 1 saturated heterocycles. The fraction of sp³-hybridized carbons (Fsp3) is 0.120. The van der Waals surface area contributed by atoms with Crippen molar-refractivity contribution < 1.29 is 9.50 Å². The number of rotatable bonds is 4. The number of aromatic nitrogens is 8. The molecule has 0 unspecified atom stereocenters. The molecule has 0 saturated carbocycles. The van der Waals surface area contributed by atoms with Crippen LogP contribution in [-0.2, 0) is 0 Å². The summed E-state index contributed by atoms with van der Waals surface area (Å²) in [6.45, 7) is 1.50. The minimum absolute atomic E-state index is 0.155. The number of nitrogens with two attached hydrogens (primary N) is 1. The molecule has 6 aromatic rings. The number of H-pyrrole nitrogens is 2. The topological polar surface area (TPSA) is 158 Å². The number of fused-ring (bicyclic) bond motifs is 2. The van der Waals surface area contributed by atoms with E-state index >= 15 is 0 Å². The monoisotopic (exact) mass is 494 g/mol. The second-order valence-corrected chi connectivity index (χ2v) is 8.96. The maximum Gasteiger partial charge on any atom is 0.161 e. The van der Waals surface area contributed by atoms with E-state index in [0.717, 1.165) is 35.9 Å². The minimum atomic E-state index is -0.545. The summed E-state index contributed by atoms with van der Waals surface area (Å²) in [5, 5.41) is 18.0. The lowest BCUT2D eigenvalue weighted by molar-refractivity contribution is 0.469. The normalized spacial score (nSPS) is 13.9. The maximum absolute atomic E-state index is 14.0. The molecular formula is C25H19FN10O. The van der Waals surface area contributed by atoms with Crippen LogP contribution in [0.4, 0.5) is 10.2 Å². The lowest BCUT2D eigenvalue weighted by Gasteiger charge is -2.37. The summed E-state index contributed by atoms with van der Waals surface area (Å²) < 4.78 is 14.0. The van der Waals surface area contributed by atoms with Crippen LogP contribution in [-0.4, -0.2) is 64.3 Å². The van der Waals surface area contributed by atoms with Crippen molar-refractivity contribution in [2.24, 2.45) is 5.73 Å². The second kappa shape index (κ2) is 8.03. The number of nitrogens with one attached hydrogen (secondary N) is 2. The molecule has 1 fully saturated rings. The molecule has 0 amide bonds. The van der Waals surface area contributed by atoms with Crippen LogP contribution in [0.1, 0.15) is 0 Å². The molecule has 37 heavy (non-hydrogen) atoms. The van der Waals surface area contributed by atoms with Gasteiger partial charge in [-0.25, -0.2) is 24.3 Å². The van der Waals surface area contributed by atoms with E-state index in [1.807, 2.05) is 6.07 Å². The van der Waals surface area contributed by atoms with Crippen LogP contribution in [0.25, 0.3) is 56.1 Å². The molecular weight excluding hydrogens is 475 g/mol. The van der Waals surface area contributed by atoms with Crippen molar-refractivity contribution in [3.63, 3.8) is 0 Å². The van der Waals surface area contributed by atoms with E-state index in [9.17, 15) is 9.50 Å². The first kappa shape index (κ1) is 21.3. The molecule has 7 rings (SSSR count). The van der Waals surface area contributed by atoms with Crippen LogP contribution in [0.3, 0.4) is 0 Å². The van der Waals surface area contributed by atoms with E-state index in [1.165, 1.54) is 12.1 Å². The molecule has 182 valence electrons. The molecule has 1 aliphatic heterocycles. The Morgan fingerprint density at radius 2 is 1.89 bits per heavy atom. The predicted octanol–water partition coefficient (Wildman–Crippen LogP) is 3.01. The third-order valence-corrected chi connectivity index (χ3v) is 6.37. The van der Waals surface area contributed by atoms with Crippen molar-refractivity contribution >= 4 is 28.0 Å². The third kappa shape index (κ3) is 3.62. The van der Waals surface area contributed by atoms with E-state index in [2.05, 4.69) is 35.0 Å². The number of halogens is 1. The van der Waals surface area contributed by atoms with Crippen molar-refractivity contribution in [3.05, 3.63) is 60.9 Å². The molecule has 0 bridgehead atoms. The fourth-order valence-electron chi connectivity index (χ4n) is 4.56. The standard InChI is InChI=1S/C25H19FN10O/c26-14-3-12(4-16(37)6-14)17-1-2-29-24-21(17)32-25(33-24)22-18-5-13(7-30-23(18)35-34-22)19-8-28-9-20(31-19)36-10-15(27)11-36/h1-9,15,37H,10-11,27H2,(H,29,32,33)(H,30,34,35). The second-order valence-electron chi connectivity index (χ2n) is 8.96. The Balaban J connectivity index is 1.31. The first-order valence-electron chi connectivity index (χ1n) is 11.5. The molecule has 0 spiro atoms. The van der Waals surface area contributed by atoms with Gasteiger partial charge in [0.15, 0.2) is 17.1 Å². The Bertz CT molecular complexity index is 1790. The first-order chi connectivity index (χ1) is 18.0. The summed E-state index contributed by atoms with van der Waals surface area (Å²) in [4.78, 5) is 28.0.